The molecule has 2 amide bonds. The zero-order chi connectivity index (χ0) is 26.1. The highest BCUT2D eigenvalue weighted by molar-refractivity contribution is 6.00. The molecule has 3 aromatic carbocycles. The Labute approximate surface area is 204 Å². The van der Waals surface area contributed by atoms with Crippen LogP contribution in [-0.4, -0.2) is 52.1 Å². The first kappa shape index (κ1) is 25.4. The molecule has 0 aliphatic carbocycles. The van der Waals surface area contributed by atoms with Crippen LogP contribution in [0.25, 0.3) is 0 Å². The number of para-hydroxylation sites is 1. The van der Waals surface area contributed by atoms with Crippen molar-refractivity contribution in [1.82, 2.24) is 10.9 Å². The van der Waals surface area contributed by atoms with E-state index in [-0.39, 0.29) is 22.4 Å². The fraction of sp³-hybridized carbons (Fsp3) is 0.0800. The first-order valence-corrected chi connectivity index (χ1v) is 10.4. The Morgan fingerprint density at radius 2 is 1.11 bits per heavy atom. The van der Waals surface area contributed by atoms with Crippen molar-refractivity contribution >= 4 is 29.7 Å². The number of esters is 2. The molecule has 3 aromatic rings. The summed E-state index contributed by atoms with van der Waals surface area (Å²) in [5.74, 6) is -6.58. The number of carboxylic acid groups (broad SMARTS) is 1. The molecular formula is C25H20N2O9. The van der Waals surface area contributed by atoms with E-state index in [1.807, 2.05) is 10.9 Å². The van der Waals surface area contributed by atoms with Gasteiger partial charge in [-0.3, -0.25) is 20.4 Å². The summed E-state index contributed by atoms with van der Waals surface area (Å²) in [6.07, 6.45) is -4.47. The number of rotatable bonds is 8. The number of carboxylic acids is 1. The van der Waals surface area contributed by atoms with Crippen molar-refractivity contribution in [1.29, 1.82) is 0 Å². The van der Waals surface area contributed by atoms with Crippen LogP contribution in [0.2, 0.25) is 0 Å². The van der Waals surface area contributed by atoms with Crippen LogP contribution in [0.1, 0.15) is 31.1 Å². The largest absolute Gasteiger partial charge is 0.507 e. The number of hydrogen-bond acceptors (Lipinski definition) is 8. The zero-order valence-corrected chi connectivity index (χ0v) is 18.5. The van der Waals surface area contributed by atoms with Crippen molar-refractivity contribution in [2.24, 2.45) is 0 Å². The average Bonchev–Trinajstić information content (AvgIpc) is 2.89. The van der Waals surface area contributed by atoms with Crippen LogP contribution in [0.3, 0.4) is 0 Å². The van der Waals surface area contributed by atoms with E-state index in [4.69, 9.17) is 9.47 Å². The van der Waals surface area contributed by atoms with Gasteiger partial charge in [-0.1, -0.05) is 48.5 Å². The van der Waals surface area contributed by atoms with E-state index < -0.39 is 41.9 Å². The lowest BCUT2D eigenvalue weighted by atomic mass is 10.1. The summed E-state index contributed by atoms with van der Waals surface area (Å²) in [5, 5.41) is 19.5. The maximum atomic E-state index is 12.9. The van der Waals surface area contributed by atoms with Crippen molar-refractivity contribution in [3.63, 3.8) is 0 Å². The van der Waals surface area contributed by atoms with Crippen molar-refractivity contribution in [2.45, 2.75) is 12.2 Å². The first-order valence-electron chi connectivity index (χ1n) is 10.4. The monoisotopic (exact) mass is 492 g/mol. The molecule has 0 fully saturated rings. The quantitative estimate of drug-likeness (QED) is 0.270. The Kier molecular flexibility index (Phi) is 8.33. The first-order chi connectivity index (χ1) is 17.3. The van der Waals surface area contributed by atoms with Crippen LogP contribution in [0.4, 0.5) is 0 Å². The molecule has 11 heteroatoms. The topological polar surface area (TPSA) is 168 Å². The van der Waals surface area contributed by atoms with Crippen molar-refractivity contribution < 1.29 is 43.7 Å². The Morgan fingerprint density at radius 1 is 0.639 bits per heavy atom. The molecule has 0 radical (unpaired) electrons. The summed E-state index contributed by atoms with van der Waals surface area (Å²) < 4.78 is 10.1. The van der Waals surface area contributed by atoms with E-state index in [2.05, 4.69) is 0 Å². The molecule has 11 nitrogen and oxygen atoms in total. The number of carbonyl (C=O) groups is 5. The van der Waals surface area contributed by atoms with Gasteiger partial charge in [0.2, 0.25) is 12.2 Å². The van der Waals surface area contributed by atoms with Gasteiger partial charge >= 0.3 is 17.9 Å². The third-order valence-corrected chi connectivity index (χ3v) is 4.71. The molecule has 0 aliphatic rings. The molecule has 0 bridgehead atoms. The SMILES string of the molecule is O=C(O[C@H](C(=O)NNC(=O)c1ccccc1O)[C@@H](OC(=O)c1ccccc1)C(=O)O)c1ccccc1. The van der Waals surface area contributed by atoms with E-state index >= 15 is 0 Å². The molecule has 0 saturated carbocycles. The molecule has 36 heavy (non-hydrogen) atoms. The molecule has 184 valence electrons. The highest BCUT2D eigenvalue weighted by Gasteiger charge is 2.41. The average molecular weight is 492 g/mol. The van der Waals surface area contributed by atoms with Crippen molar-refractivity contribution in [3.8, 4) is 5.75 Å². The number of hydrazine groups is 1. The molecule has 2 atom stereocenters. The predicted octanol–water partition coefficient (Wildman–Crippen LogP) is 1.69. The van der Waals surface area contributed by atoms with Gasteiger partial charge in [0.15, 0.2) is 0 Å². The van der Waals surface area contributed by atoms with Gasteiger partial charge in [-0.2, -0.15) is 0 Å². The maximum Gasteiger partial charge on any atom is 0.349 e. The normalized spacial score (nSPS) is 11.9. The number of hydrogen-bond donors (Lipinski definition) is 4. The summed E-state index contributed by atoms with van der Waals surface area (Å²) in [5.41, 5.74) is 3.71. The minimum atomic E-state index is -2.27. The summed E-state index contributed by atoms with van der Waals surface area (Å²) in [7, 11) is 0. The molecule has 0 heterocycles. The van der Waals surface area contributed by atoms with Crippen LogP contribution in [-0.2, 0) is 19.1 Å². The molecule has 4 N–H and O–H groups in total. The molecule has 0 unspecified atom stereocenters. The van der Waals surface area contributed by atoms with Gasteiger partial charge in [0.1, 0.15) is 5.75 Å². The Bertz CT molecular complexity index is 1260. The van der Waals surface area contributed by atoms with Gasteiger partial charge in [0.05, 0.1) is 16.7 Å². The minimum absolute atomic E-state index is 0.00734. The predicted molar refractivity (Wildman–Crippen MR) is 123 cm³/mol. The molecule has 3 rings (SSSR count). The second kappa shape index (κ2) is 11.8. The summed E-state index contributed by atoms with van der Waals surface area (Å²) >= 11 is 0. The van der Waals surface area contributed by atoms with Crippen LogP contribution in [0.5, 0.6) is 5.75 Å². The van der Waals surface area contributed by atoms with Gasteiger partial charge in [0, 0.05) is 0 Å². The zero-order valence-electron chi connectivity index (χ0n) is 18.5. The van der Waals surface area contributed by atoms with Gasteiger partial charge in [-0.05, 0) is 36.4 Å². The number of carbonyl (C=O) groups excluding carboxylic acids is 4. The van der Waals surface area contributed by atoms with Crippen LogP contribution < -0.4 is 10.9 Å². The lowest BCUT2D eigenvalue weighted by molar-refractivity contribution is -0.159. The molecule has 0 aromatic heterocycles. The number of phenolic OH excluding ortho intramolecular Hbond substituents is 1. The number of ether oxygens (including phenoxy) is 2. The van der Waals surface area contributed by atoms with E-state index in [9.17, 15) is 34.2 Å². The third-order valence-electron chi connectivity index (χ3n) is 4.71. The maximum absolute atomic E-state index is 12.9. The van der Waals surface area contributed by atoms with Gasteiger partial charge in [-0.25, -0.2) is 14.4 Å². The number of nitrogens with one attached hydrogen (secondary N) is 2. The van der Waals surface area contributed by atoms with Gasteiger partial charge < -0.3 is 19.7 Å². The van der Waals surface area contributed by atoms with Crippen LogP contribution in [0.15, 0.2) is 84.9 Å². The fourth-order valence-corrected chi connectivity index (χ4v) is 2.93. The van der Waals surface area contributed by atoms with Gasteiger partial charge in [-0.15, -0.1) is 0 Å². The number of aromatic hydroxyl groups is 1. The summed E-state index contributed by atoms with van der Waals surface area (Å²) in [4.78, 5) is 62.2. The number of phenols is 1. The minimum Gasteiger partial charge on any atom is -0.507 e. The Hall–Kier alpha value is -5.19. The molecule has 0 aliphatic heterocycles. The molecule has 0 saturated heterocycles. The third kappa shape index (κ3) is 6.44. The Balaban J connectivity index is 1.83. The van der Waals surface area contributed by atoms with E-state index in [0.717, 1.165) is 0 Å². The van der Waals surface area contributed by atoms with Gasteiger partial charge in [0.25, 0.3) is 11.8 Å². The smallest absolute Gasteiger partial charge is 0.349 e. The number of aliphatic carboxylic acids is 1. The highest BCUT2D eigenvalue weighted by Crippen LogP contribution is 2.16. The van der Waals surface area contributed by atoms with Crippen LogP contribution in [0, 0.1) is 0 Å². The lowest BCUT2D eigenvalue weighted by Crippen LogP contribution is -2.54. The second-order valence-electron chi connectivity index (χ2n) is 7.18. The van der Waals surface area contributed by atoms with E-state index in [1.165, 1.54) is 72.8 Å². The van der Waals surface area contributed by atoms with E-state index in [1.54, 1.807) is 12.1 Å². The second-order valence-corrected chi connectivity index (χ2v) is 7.18. The van der Waals surface area contributed by atoms with Crippen molar-refractivity contribution in [3.05, 3.63) is 102 Å². The highest BCUT2D eigenvalue weighted by atomic mass is 16.6. The summed E-state index contributed by atoms with van der Waals surface area (Å²) in [6, 6.07) is 20.2. The number of amides is 2. The standard InChI is InChI=1S/C25H20N2O9/c28-18-14-8-7-13-17(18)21(29)26-27-22(30)19(35-24(33)15-9-3-1-4-10-15)20(23(31)32)36-25(34)16-11-5-2-6-12-16/h1-14,19-20,28H,(H,26,29)(H,27,30)(H,31,32)/t19-,20+/m0/s1. The molecule has 0 spiro atoms. The van der Waals surface area contributed by atoms with Crippen molar-refractivity contribution in [2.75, 3.05) is 0 Å². The lowest BCUT2D eigenvalue weighted by Gasteiger charge is -2.23. The summed E-state index contributed by atoms with van der Waals surface area (Å²) in [6.45, 7) is 0. The molecular weight excluding hydrogens is 472 g/mol. The Morgan fingerprint density at radius 3 is 1.61 bits per heavy atom. The number of benzene rings is 3. The van der Waals surface area contributed by atoms with E-state index in [0.29, 0.717) is 0 Å². The fourth-order valence-electron chi connectivity index (χ4n) is 2.93. The van der Waals surface area contributed by atoms with Crippen LogP contribution >= 0.6 is 0 Å².